The number of para-hydroxylation sites is 1. The van der Waals surface area contributed by atoms with E-state index in [1.807, 2.05) is 49.6 Å². The molecule has 7 nitrogen and oxygen atoms in total. The number of pyridine rings is 1. The molecule has 4 aromatic rings. The monoisotopic (exact) mass is 617 g/mol. The van der Waals surface area contributed by atoms with Crippen molar-refractivity contribution < 1.29 is 14.7 Å². The number of hydrogen-bond donors (Lipinski definition) is 1. The topological polar surface area (TPSA) is 92.5 Å². The van der Waals surface area contributed by atoms with Gasteiger partial charge < -0.3 is 10.0 Å². The number of aromatic nitrogens is 2. The van der Waals surface area contributed by atoms with Gasteiger partial charge in [-0.3, -0.25) is 19.0 Å². The van der Waals surface area contributed by atoms with Crippen LogP contribution < -0.4 is 5.56 Å². The number of benzene rings is 2. The molecule has 1 N–H and O–H groups in total. The van der Waals surface area contributed by atoms with Gasteiger partial charge in [-0.15, -0.1) is 11.3 Å². The Morgan fingerprint density at radius 2 is 1.77 bits per heavy atom. The molecule has 9 heteroatoms. The number of piperidine rings is 1. The summed E-state index contributed by atoms with van der Waals surface area (Å²) in [5, 5.41) is 12.7. The Morgan fingerprint density at radius 1 is 1.09 bits per heavy atom. The van der Waals surface area contributed by atoms with Crippen LogP contribution in [0.2, 0.25) is 5.02 Å². The van der Waals surface area contributed by atoms with Crippen molar-refractivity contribution in [2.45, 2.75) is 59.3 Å². The van der Waals surface area contributed by atoms with Crippen molar-refractivity contribution >= 4 is 34.8 Å². The fraction of sp³-hybridized carbons (Fsp3) is 0.353. The van der Waals surface area contributed by atoms with E-state index in [1.165, 1.54) is 11.3 Å². The van der Waals surface area contributed by atoms with E-state index in [1.54, 1.807) is 27.7 Å². The average molecular weight is 618 g/mol. The average Bonchev–Trinajstić information content (AvgIpc) is 3.50. The minimum absolute atomic E-state index is 0.143. The number of hydrogen-bond acceptors (Lipinski definition) is 5. The number of halogens is 1. The van der Waals surface area contributed by atoms with E-state index in [0.717, 1.165) is 22.4 Å². The summed E-state index contributed by atoms with van der Waals surface area (Å²) in [6.45, 7) is 8.71. The van der Waals surface area contributed by atoms with Crippen LogP contribution in [0.4, 0.5) is 0 Å². The highest BCUT2D eigenvalue weighted by Crippen LogP contribution is 2.34. The third-order valence-electron chi connectivity index (χ3n) is 8.14. The number of thiazole rings is 1. The molecule has 0 aliphatic carbocycles. The lowest BCUT2D eigenvalue weighted by molar-refractivity contribution is -0.143. The lowest BCUT2D eigenvalue weighted by Crippen LogP contribution is -2.43. The van der Waals surface area contributed by atoms with Gasteiger partial charge in [0.2, 0.25) is 0 Å². The van der Waals surface area contributed by atoms with Gasteiger partial charge in [-0.25, -0.2) is 4.98 Å². The third-order valence-corrected chi connectivity index (χ3v) is 9.26. The van der Waals surface area contributed by atoms with Gasteiger partial charge in [-0.2, -0.15) is 0 Å². The number of carboxylic acid groups (broad SMARTS) is 1. The van der Waals surface area contributed by atoms with Crippen molar-refractivity contribution in [2.24, 2.45) is 5.92 Å². The maximum absolute atomic E-state index is 14.6. The van der Waals surface area contributed by atoms with Gasteiger partial charge in [-0.05, 0) is 60.9 Å². The first-order valence-electron chi connectivity index (χ1n) is 14.8. The van der Waals surface area contributed by atoms with E-state index in [9.17, 15) is 19.5 Å². The standard InChI is InChI=1S/C34H36ClN3O4S/c1-5-21-9-7-10-22(6-2)30(21)38-29(20(3)4)26(32(39)37-16-8-11-24(18-37)34(41)42)17-27(33(38)40)31-36-28(19-43-31)23-12-14-25(35)15-13-23/h7,9-10,12-15,17,19-20,24H,5-6,8,11,16,18H2,1-4H3,(H,41,42)/t24-/m0/s1. The lowest BCUT2D eigenvalue weighted by atomic mass is 9.94. The van der Waals surface area contributed by atoms with Crippen LogP contribution in [-0.2, 0) is 17.6 Å². The van der Waals surface area contributed by atoms with Crippen LogP contribution in [0.25, 0.3) is 27.5 Å². The number of nitrogens with zero attached hydrogens (tertiary/aromatic N) is 3. The molecule has 0 saturated carbocycles. The van der Waals surface area contributed by atoms with Gasteiger partial charge in [0.05, 0.1) is 28.4 Å². The Morgan fingerprint density at radius 3 is 2.37 bits per heavy atom. The van der Waals surface area contributed by atoms with Gasteiger partial charge in [0, 0.05) is 34.7 Å². The lowest BCUT2D eigenvalue weighted by Gasteiger charge is -2.32. The Labute approximate surface area is 260 Å². The van der Waals surface area contributed by atoms with Crippen LogP contribution in [0.5, 0.6) is 0 Å². The van der Waals surface area contributed by atoms with Crippen molar-refractivity contribution in [1.82, 2.24) is 14.5 Å². The normalized spacial score (nSPS) is 15.2. The van der Waals surface area contributed by atoms with Gasteiger partial charge in [0.25, 0.3) is 11.5 Å². The van der Waals surface area contributed by atoms with E-state index >= 15 is 0 Å². The van der Waals surface area contributed by atoms with E-state index < -0.39 is 11.9 Å². The number of carbonyl (C=O) groups excluding carboxylic acids is 1. The number of carbonyl (C=O) groups is 2. The third kappa shape index (κ3) is 6.04. The fourth-order valence-electron chi connectivity index (χ4n) is 5.93. The molecule has 5 rings (SSSR count). The van der Waals surface area contributed by atoms with E-state index in [0.29, 0.717) is 64.8 Å². The predicted molar refractivity (Wildman–Crippen MR) is 173 cm³/mol. The van der Waals surface area contributed by atoms with Crippen LogP contribution in [0.1, 0.15) is 73.6 Å². The molecule has 0 spiro atoms. The summed E-state index contributed by atoms with van der Waals surface area (Å²) in [6, 6.07) is 15.1. The number of amides is 1. The molecule has 3 heterocycles. The molecule has 1 aliphatic heterocycles. The molecule has 1 aliphatic rings. The summed E-state index contributed by atoms with van der Waals surface area (Å²) in [6.07, 6.45) is 2.58. The zero-order valence-corrected chi connectivity index (χ0v) is 26.5. The van der Waals surface area contributed by atoms with Gasteiger partial charge in [-0.1, -0.05) is 69.6 Å². The summed E-state index contributed by atoms with van der Waals surface area (Å²) in [7, 11) is 0. The van der Waals surface area contributed by atoms with Crippen LogP contribution in [0.3, 0.4) is 0 Å². The largest absolute Gasteiger partial charge is 0.481 e. The molecule has 0 bridgehead atoms. The van der Waals surface area contributed by atoms with Crippen LogP contribution in [-0.4, -0.2) is 44.5 Å². The highest BCUT2D eigenvalue weighted by atomic mass is 35.5. The SMILES string of the molecule is CCc1cccc(CC)c1-n1c(C(C)C)c(C(=O)N2CCC[C@H](C(=O)O)C2)cc(-c2nc(-c3ccc(Cl)cc3)cs2)c1=O. The quantitative estimate of drug-likeness (QED) is 0.221. The van der Waals surface area contributed by atoms with Gasteiger partial charge in [0.15, 0.2) is 0 Å². The van der Waals surface area contributed by atoms with Crippen molar-refractivity contribution in [3.8, 4) is 27.5 Å². The minimum atomic E-state index is -0.894. The summed E-state index contributed by atoms with van der Waals surface area (Å²) in [5.41, 5.74) is 5.59. The van der Waals surface area contributed by atoms with Crippen molar-refractivity contribution in [2.75, 3.05) is 13.1 Å². The van der Waals surface area contributed by atoms with Gasteiger partial charge in [0.1, 0.15) is 5.01 Å². The number of aryl methyl sites for hydroxylation is 2. The first-order chi connectivity index (χ1) is 20.6. The Kier molecular flexibility index (Phi) is 9.18. The molecule has 2 aromatic heterocycles. The highest BCUT2D eigenvalue weighted by Gasteiger charge is 2.33. The Bertz CT molecular complexity index is 1700. The second-order valence-electron chi connectivity index (χ2n) is 11.3. The molecule has 1 fully saturated rings. The molecule has 0 radical (unpaired) electrons. The zero-order valence-electron chi connectivity index (χ0n) is 24.9. The molecule has 0 unspecified atom stereocenters. The van der Waals surface area contributed by atoms with Crippen LogP contribution in [0, 0.1) is 5.92 Å². The predicted octanol–water partition coefficient (Wildman–Crippen LogP) is 7.47. The van der Waals surface area contributed by atoms with Crippen molar-refractivity contribution in [3.63, 3.8) is 0 Å². The molecule has 2 aromatic carbocycles. The Balaban J connectivity index is 1.78. The first kappa shape index (κ1) is 30.7. The molecular weight excluding hydrogens is 582 g/mol. The van der Waals surface area contributed by atoms with Gasteiger partial charge >= 0.3 is 5.97 Å². The second-order valence-corrected chi connectivity index (χ2v) is 12.6. The highest BCUT2D eigenvalue weighted by molar-refractivity contribution is 7.13. The maximum atomic E-state index is 14.6. The van der Waals surface area contributed by atoms with Crippen LogP contribution in [0.15, 0.2) is 58.7 Å². The van der Waals surface area contributed by atoms with Crippen molar-refractivity contribution in [1.29, 1.82) is 0 Å². The van der Waals surface area contributed by atoms with E-state index in [4.69, 9.17) is 16.6 Å². The first-order valence-corrected chi connectivity index (χ1v) is 16.0. The molecule has 1 amide bonds. The summed E-state index contributed by atoms with van der Waals surface area (Å²) in [4.78, 5) is 47.3. The maximum Gasteiger partial charge on any atom is 0.308 e. The summed E-state index contributed by atoms with van der Waals surface area (Å²) in [5.74, 6) is -1.93. The Hall–Kier alpha value is -3.75. The van der Waals surface area contributed by atoms with Crippen LogP contribution >= 0.6 is 22.9 Å². The number of carboxylic acids is 1. The fourth-order valence-corrected chi connectivity index (χ4v) is 6.89. The minimum Gasteiger partial charge on any atom is -0.481 e. The second kappa shape index (κ2) is 12.9. The summed E-state index contributed by atoms with van der Waals surface area (Å²) < 4.78 is 1.74. The summed E-state index contributed by atoms with van der Waals surface area (Å²) >= 11 is 7.45. The zero-order chi connectivity index (χ0) is 30.8. The molecule has 224 valence electrons. The van der Waals surface area contributed by atoms with E-state index in [-0.39, 0.29) is 23.9 Å². The molecule has 1 atom stereocenters. The number of likely N-dealkylation sites (tertiary alicyclic amines) is 1. The molecule has 43 heavy (non-hydrogen) atoms. The number of aliphatic carboxylic acids is 1. The smallest absolute Gasteiger partial charge is 0.308 e. The van der Waals surface area contributed by atoms with Crippen molar-refractivity contribution in [3.05, 3.63) is 91.7 Å². The molecule has 1 saturated heterocycles. The van der Waals surface area contributed by atoms with E-state index in [2.05, 4.69) is 13.8 Å². The molecular formula is C34H36ClN3O4S. The number of rotatable bonds is 8.